The van der Waals surface area contributed by atoms with Gasteiger partial charge in [0, 0.05) is 24.5 Å². The number of nitrogens with one attached hydrogen (secondary N) is 2. The van der Waals surface area contributed by atoms with Gasteiger partial charge in [-0.2, -0.15) is 0 Å². The first kappa shape index (κ1) is 19.3. The lowest BCUT2D eigenvalue weighted by Crippen LogP contribution is -2.39. The number of aryl methyl sites for hydroxylation is 2. The fourth-order valence-electron chi connectivity index (χ4n) is 2.93. The highest BCUT2D eigenvalue weighted by Crippen LogP contribution is 2.27. The van der Waals surface area contributed by atoms with Crippen LogP contribution in [0.25, 0.3) is 6.08 Å². The number of aliphatic hydroxyl groups is 1. The van der Waals surface area contributed by atoms with Gasteiger partial charge in [-0.1, -0.05) is 12.2 Å². The molecule has 1 aliphatic heterocycles. The lowest BCUT2D eigenvalue weighted by molar-refractivity contribution is 0.101. The number of aromatic nitrogens is 1. The van der Waals surface area contributed by atoms with Gasteiger partial charge >= 0.3 is 0 Å². The number of carbonyl (C=O) groups excluding carboxylic acids is 1. The van der Waals surface area contributed by atoms with E-state index in [2.05, 4.69) is 10.0 Å². The Bertz CT molecular complexity index is 1040. The quantitative estimate of drug-likeness (QED) is 0.740. The highest BCUT2D eigenvalue weighted by Gasteiger charge is 2.31. The molecule has 2 atom stereocenters. The van der Waals surface area contributed by atoms with Crippen LogP contribution in [0.5, 0.6) is 0 Å². The van der Waals surface area contributed by atoms with Crippen LogP contribution in [0, 0.1) is 12.7 Å². The molecule has 1 aromatic carbocycles. The lowest BCUT2D eigenvalue weighted by Gasteiger charge is -2.15. The van der Waals surface area contributed by atoms with Crippen LogP contribution in [0.4, 0.5) is 10.1 Å². The van der Waals surface area contributed by atoms with Gasteiger partial charge in [-0.15, -0.1) is 0 Å². The van der Waals surface area contributed by atoms with Crippen molar-refractivity contribution in [1.82, 2.24) is 9.29 Å². The van der Waals surface area contributed by atoms with E-state index >= 15 is 0 Å². The standard InChI is InChI=1S/C18H20FN3O4S/c1-10-8-12(4-6-14(10)19)20-18(24)17-13-5-7-15(11(2)23)21-27(25,26)16(13)9-22(17)3/h4-9,11,15,21,23H,1-3H3,(H,20,24)/t11-,15+/m0/s1. The third-order valence-corrected chi connectivity index (χ3v) is 5.87. The second kappa shape index (κ2) is 6.91. The van der Waals surface area contributed by atoms with Crippen LogP contribution in [0.15, 0.2) is 35.4 Å². The minimum absolute atomic E-state index is 0.0511. The largest absolute Gasteiger partial charge is 0.391 e. The van der Waals surface area contributed by atoms with E-state index in [1.165, 1.54) is 48.0 Å². The Morgan fingerprint density at radius 2 is 2.11 bits per heavy atom. The van der Waals surface area contributed by atoms with E-state index in [1.807, 2.05) is 0 Å². The number of hydrogen-bond donors (Lipinski definition) is 3. The second-order valence-corrected chi connectivity index (χ2v) is 8.21. The minimum atomic E-state index is -3.92. The number of benzene rings is 1. The zero-order valence-corrected chi connectivity index (χ0v) is 15.8. The predicted molar refractivity (Wildman–Crippen MR) is 99.3 cm³/mol. The molecule has 3 N–H and O–H groups in total. The number of rotatable bonds is 3. The SMILES string of the molecule is Cc1cc(NC(=O)c2c3c(cn2C)S(=O)(=O)N[C@@H]([C@H](C)O)C=C3)ccc1F. The number of hydrogen-bond acceptors (Lipinski definition) is 4. The van der Waals surface area contributed by atoms with Crippen molar-refractivity contribution in [2.45, 2.75) is 30.9 Å². The maximum atomic E-state index is 13.4. The van der Waals surface area contributed by atoms with Crippen molar-refractivity contribution < 1.29 is 22.7 Å². The van der Waals surface area contributed by atoms with Crippen molar-refractivity contribution in [2.75, 3.05) is 5.32 Å². The van der Waals surface area contributed by atoms with Crippen LogP contribution in [0.2, 0.25) is 0 Å². The first-order valence-electron chi connectivity index (χ1n) is 8.25. The lowest BCUT2D eigenvalue weighted by atomic mass is 10.1. The number of sulfonamides is 1. The average Bonchev–Trinajstić information content (AvgIpc) is 2.85. The van der Waals surface area contributed by atoms with E-state index in [1.54, 1.807) is 14.0 Å². The van der Waals surface area contributed by atoms with Gasteiger partial charge in [0.25, 0.3) is 5.91 Å². The van der Waals surface area contributed by atoms with Crippen LogP contribution in [0.3, 0.4) is 0 Å². The molecule has 0 radical (unpaired) electrons. The topological polar surface area (TPSA) is 100 Å². The zero-order chi connectivity index (χ0) is 19.9. The molecule has 0 fully saturated rings. The summed E-state index contributed by atoms with van der Waals surface area (Å²) in [5.74, 6) is -0.912. The number of halogens is 1. The Hall–Kier alpha value is -2.49. The van der Waals surface area contributed by atoms with Gasteiger partial charge in [0.2, 0.25) is 10.0 Å². The van der Waals surface area contributed by atoms with Crippen LogP contribution in [-0.4, -0.2) is 36.1 Å². The summed E-state index contributed by atoms with van der Waals surface area (Å²) in [5, 5.41) is 12.4. The molecule has 0 saturated heterocycles. The summed E-state index contributed by atoms with van der Waals surface area (Å²) in [7, 11) is -2.35. The molecule has 0 spiro atoms. The van der Waals surface area contributed by atoms with Crippen molar-refractivity contribution in [2.24, 2.45) is 7.05 Å². The van der Waals surface area contributed by atoms with Crippen molar-refractivity contribution in [1.29, 1.82) is 0 Å². The molecule has 2 aromatic rings. The summed E-state index contributed by atoms with van der Waals surface area (Å²) in [6, 6.07) is 3.37. The molecule has 0 saturated carbocycles. The normalized spacial score (nSPS) is 19.2. The smallest absolute Gasteiger partial charge is 0.272 e. The number of nitrogens with zero attached hydrogens (tertiary/aromatic N) is 1. The summed E-state index contributed by atoms with van der Waals surface area (Å²) >= 11 is 0. The fourth-order valence-corrected chi connectivity index (χ4v) is 4.44. The average molecular weight is 393 g/mol. The van der Waals surface area contributed by atoms with Crippen LogP contribution in [0.1, 0.15) is 28.5 Å². The highest BCUT2D eigenvalue weighted by atomic mass is 32.2. The first-order chi connectivity index (χ1) is 12.6. The van der Waals surface area contributed by atoms with E-state index in [0.29, 0.717) is 11.3 Å². The Balaban J connectivity index is 2.03. The molecule has 144 valence electrons. The summed E-state index contributed by atoms with van der Waals surface area (Å²) in [6.45, 7) is 3.05. The molecular weight excluding hydrogens is 373 g/mol. The van der Waals surface area contributed by atoms with E-state index in [4.69, 9.17) is 0 Å². The Labute approximate surface area is 156 Å². The maximum absolute atomic E-state index is 13.4. The van der Waals surface area contributed by atoms with Crippen LogP contribution in [-0.2, 0) is 17.1 Å². The fraction of sp³-hybridized carbons (Fsp3) is 0.278. The van der Waals surface area contributed by atoms with E-state index < -0.39 is 28.1 Å². The van der Waals surface area contributed by atoms with Gasteiger partial charge in [0.1, 0.15) is 16.4 Å². The molecule has 9 heteroatoms. The zero-order valence-electron chi connectivity index (χ0n) is 15.0. The molecule has 3 rings (SSSR count). The van der Waals surface area contributed by atoms with Gasteiger partial charge < -0.3 is 15.0 Å². The predicted octanol–water partition coefficient (Wildman–Crippen LogP) is 1.78. The Morgan fingerprint density at radius 3 is 2.74 bits per heavy atom. The van der Waals surface area contributed by atoms with Gasteiger partial charge in [-0.3, -0.25) is 4.79 Å². The van der Waals surface area contributed by atoms with E-state index in [9.17, 15) is 22.7 Å². The van der Waals surface area contributed by atoms with Crippen molar-refractivity contribution in [3.05, 3.63) is 53.1 Å². The molecule has 0 bridgehead atoms. The van der Waals surface area contributed by atoms with E-state index in [0.717, 1.165) is 0 Å². The van der Waals surface area contributed by atoms with Gasteiger partial charge in [0.05, 0.1) is 12.1 Å². The molecule has 27 heavy (non-hydrogen) atoms. The summed E-state index contributed by atoms with van der Waals surface area (Å²) in [6.07, 6.45) is 3.42. The number of fused-ring (bicyclic) bond motifs is 1. The van der Waals surface area contributed by atoms with Crippen molar-refractivity contribution in [3.8, 4) is 0 Å². The summed E-state index contributed by atoms with van der Waals surface area (Å²) < 4.78 is 42.4. The number of aliphatic hydroxyl groups excluding tert-OH is 1. The highest BCUT2D eigenvalue weighted by molar-refractivity contribution is 7.89. The van der Waals surface area contributed by atoms with Crippen molar-refractivity contribution >= 4 is 27.7 Å². The monoisotopic (exact) mass is 393 g/mol. The molecular formula is C18H20FN3O4S. The molecule has 2 heterocycles. The summed E-state index contributed by atoms with van der Waals surface area (Å²) in [5.41, 5.74) is 1.14. The first-order valence-corrected chi connectivity index (χ1v) is 9.74. The molecule has 1 aromatic heterocycles. The van der Waals surface area contributed by atoms with Crippen LogP contribution < -0.4 is 10.0 Å². The van der Waals surface area contributed by atoms with Gasteiger partial charge in [-0.25, -0.2) is 17.5 Å². The molecule has 0 unspecified atom stereocenters. The van der Waals surface area contributed by atoms with Crippen LogP contribution >= 0.6 is 0 Å². The van der Waals surface area contributed by atoms with Gasteiger partial charge in [0.15, 0.2) is 0 Å². The van der Waals surface area contributed by atoms with E-state index in [-0.39, 0.29) is 22.0 Å². The molecule has 7 nitrogen and oxygen atoms in total. The molecule has 0 aliphatic carbocycles. The number of amides is 1. The number of carbonyl (C=O) groups is 1. The third-order valence-electron chi connectivity index (χ3n) is 4.39. The minimum Gasteiger partial charge on any atom is -0.391 e. The summed E-state index contributed by atoms with van der Waals surface area (Å²) in [4.78, 5) is 12.7. The van der Waals surface area contributed by atoms with Crippen molar-refractivity contribution in [3.63, 3.8) is 0 Å². The Morgan fingerprint density at radius 1 is 1.41 bits per heavy atom. The Kier molecular flexibility index (Phi) is 4.94. The van der Waals surface area contributed by atoms with Gasteiger partial charge in [-0.05, 0) is 37.6 Å². The third kappa shape index (κ3) is 3.66. The second-order valence-electron chi connectivity index (χ2n) is 6.53. The molecule has 1 aliphatic rings. The molecule has 1 amide bonds. The maximum Gasteiger partial charge on any atom is 0.272 e. The number of anilines is 1.